The molecule has 6 nitrogen and oxygen atoms in total. The Labute approximate surface area is 180 Å². The standard InChI is InChI=1S/C23H21FN2O4S/c1-17(27)19-8-5-9-21(14-19)25-23(28)16-26(15-18-6-3-2-4-7-18)31(29,30)22-12-10-20(24)11-13-22/h2-14H,15-16H2,1H3,(H,25,28). The first-order valence-electron chi connectivity index (χ1n) is 9.46. The van der Waals surface area contributed by atoms with E-state index in [9.17, 15) is 22.4 Å². The van der Waals surface area contributed by atoms with E-state index in [0.717, 1.165) is 28.6 Å². The molecule has 3 aromatic carbocycles. The van der Waals surface area contributed by atoms with Crippen LogP contribution in [-0.4, -0.2) is 31.0 Å². The molecule has 3 aromatic rings. The first-order chi connectivity index (χ1) is 14.8. The minimum Gasteiger partial charge on any atom is -0.325 e. The maximum absolute atomic E-state index is 13.3. The highest BCUT2D eigenvalue weighted by Crippen LogP contribution is 2.19. The van der Waals surface area contributed by atoms with Gasteiger partial charge < -0.3 is 5.32 Å². The Bertz CT molecular complexity index is 1180. The number of ketones is 1. The molecule has 0 atom stereocenters. The van der Waals surface area contributed by atoms with Gasteiger partial charge in [0.05, 0.1) is 11.4 Å². The van der Waals surface area contributed by atoms with E-state index in [-0.39, 0.29) is 17.2 Å². The second kappa shape index (κ2) is 9.63. The van der Waals surface area contributed by atoms with Gasteiger partial charge >= 0.3 is 0 Å². The molecular weight excluding hydrogens is 419 g/mol. The van der Waals surface area contributed by atoms with Gasteiger partial charge in [0.2, 0.25) is 15.9 Å². The van der Waals surface area contributed by atoms with E-state index in [0.29, 0.717) is 16.8 Å². The number of hydrogen-bond acceptors (Lipinski definition) is 4. The van der Waals surface area contributed by atoms with E-state index in [4.69, 9.17) is 0 Å². The van der Waals surface area contributed by atoms with Gasteiger partial charge in [-0.25, -0.2) is 12.8 Å². The second-order valence-corrected chi connectivity index (χ2v) is 8.84. The van der Waals surface area contributed by atoms with Crippen LogP contribution in [0, 0.1) is 5.82 Å². The summed E-state index contributed by atoms with van der Waals surface area (Å²) >= 11 is 0. The molecule has 0 aliphatic rings. The number of benzene rings is 3. The Hall–Kier alpha value is -3.36. The highest BCUT2D eigenvalue weighted by molar-refractivity contribution is 7.89. The normalized spacial score (nSPS) is 11.3. The molecule has 8 heteroatoms. The van der Waals surface area contributed by atoms with Gasteiger partial charge in [-0.2, -0.15) is 4.31 Å². The first-order valence-corrected chi connectivity index (χ1v) is 10.9. The highest BCUT2D eigenvalue weighted by Gasteiger charge is 2.27. The summed E-state index contributed by atoms with van der Waals surface area (Å²) in [5, 5.41) is 2.63. The molecule has 0 spiro atoms. The molecule has 0 radical (unpaired) electrons. The summed E-state index contributed by atoms with van der Waals surface area (Å²) in [5.74, 6) is -1.28. The zero-order valence-electron chi connectivity index (χ0n) is 16.8. The third-order valence-electron chi connectivity index (χ3n) is 4.53. The van der Waals surface area contributed by atoms with Gasteiger partial charge in [-0.15, -0.1) is 0 Å². The second-order valence-electron chi connectivity index (χ2n) is 6.90. The van der Waals surface area contributed by atoms with E-state index < -0.39 is 28.3 Å². The molecule has 0 saturated carbocycles. The number of rotatable bonds is 8. The molecule has 0 aromatic heterocycles. The van der Waals surface area contributed by atoms with Gasteiger partial charge in [-0.3, -0.25) is 9.59 Å². The third-order valence-corrected chi connectivity index (χ3v) is 6.33. The minimum absolute atomic E-state index is 0.0402. The maximum atomic E-state index is 13.3. The average molecular weight is 440 g/mol. The maximum Gasteiger partial charge on any atom is 0.243 e. The molecule has 160 valence electrons. The summed E-state index contributed by atoms with van der Waals surface area (Å²) < 4.78 is 40.6. The molecule has 0 aliphatic heterocycles. The molecule has 31 heavy (non-hydrogen) atoms. The van der Waals surface area contributed by atoms with E-state index in [1.54, 1.807) is 48.5 Å². The Kier molecular flexibility index (Phi) is 6.94. The van der Waals surface area contributed by atoms with Crippen molar-refractivity contribution in [1.82, 2.24) is 4.31 Å². The zero-order valence-corrected chi connectivity index (χ0v) is 17.6. The summed E-state index contributed by atoms with van der Waals surface area (Å²) in [7, 11) is -4.07. The zero-order chi connectivity index (χ0) is 22.4. The number of nitrogens with zero attached hydrogens (tertiary/aromatic N) is 1. The number of amides is 1. The van der Waals surface area contributed by atoms with Gasteiger partial charge in [-0.05, 0) is 48.9 Å². The molecule has 0 saturated heterocycles. The van der Waals surface area contributed by atoms with E-state index in [1.807, 2.05) is 0 Å². The highest BCUT2D eigenvalue weighted by atomic mass is 32.2. The molecule has 1 amide bonds. The largest absolute Gasteiger partial charge is 0.325 e. The quantitative estimate of drug-likeness (QED) is 0.539. The Balaban J connectivity index is 1.85. The molecule has 0 unspecified atom stereocenters. The van der Waals surface area contributed by atoms with E-state index >= 15 is 0 Å². The van der Waals surface area contributed by atoms with Crippen molar-refractivity contribution >= 4 is 27.4 Å². The molecule has 0 fully saturated rings. The smallest absolute Gasteiger partial charge is 0.243 e. The molecule has 0 aliphatic carbocycles. The number of sulfonamides is 1. The van der Waals surface area contributed by atoms with Crippen LogP contribution in [0.3, 0.4) is 0 Å². The predicted molar refractivity (Wildman–Crippen MR) is 116 cm³/mol. The fourth-order valence-electron chi connectivity index (χ4n) is 2.95. The van der Waals surface area contributed by atoms with E-state index in [2.05, 4.69) is 5.32 Å². The van der Waals surface area contributed by atoms with Crippen LogP contribution in [0.1, 0.15) is 22.8 Å². The van der Waals surface area contributed by atoms with Crippen LogP contribution < -0.4 is 5.32 Å². The lowest BCUT2D eigenvalue weighted by Gasteiger charge is -2.22. The van der Waals surface area contributed by atoms with Crippen molar-refractivity contribution in [3.8, 4) is 0 Å². The topological polar surface area (TPSA) is 83.6 Å². The number of Topliss-reactive ketones (excluding diaryl/α,β-unsaturated/α-hetero) is 1. The Morgan fingerprint density at radius 2 is 1.61 bits per heavy atom. The molecule has 0 heterocycles. The van der Waals surface area contributed by atoms with E-state index in [1.165, 1.54) is 13.0 Å². The number of halogens is 1. The third kappa shape index (κ3) is 5.84. The SMILES string of the molecule is CC(=O)c1cccc(NC(=O)CN(Cc2ccccc2)S(=O)(=O)c2ccc(F)cc2)c1. The number of carbonyl (C=O) groups excluding carboxylic acids is 2. The van der Waals surface area contributed by atoms with Crippen molar-refractivity contribution in [2.24, 2.45) is 0 Å². The lowest BCUT2D eigenvalue weighted by molar-refractivity contribution is -0.116. The molecule has 0 bridgehead atoms. The number of hydrogen-bond donors (Lipinski definition) is 1. The first kappa shape index (κ1) is 22.3. The van der Waals surface area contributed by atoms with Crippen LogP contribution in [0.25, 0.3) is 0 Å². The van der Waals surface area contributed by atoms with Crippen molar-refractivity contribution in [2.45, 2.75) is 18.4 Å². The predicted octanol–water partition coefficient (Wildman–Crippen LogP) is 3.86. The van der Waals surface area contributed by atoms with Crippen LogP contribution in [0.15, 0.2) is 83.8 Å². The fourth-order valence-corrected chi connectivity index (χ4v) is 4.33. The van der Waals surface area contributed by atoms with Gasteiger partial charge in [0.15, 0.2) is 5.78 Å². The van der Waals surface area contributed by atoms with Crippen molar-refractivity contribution in [3.05, 3.63) is 95.8 Å². The van der Waals surface area contributed by atoms with Gasteiger partial charge in [0.1, 0.15) is 5.82 Å². The Morgan fingerprint density at radius 1 is 0.935 bits per heavy atom. The lowest BCUT2D eigenvalue weighted by atomic mass is 10.1. The summed E-state index contributed by atoms with van der Waals surface area (Å²) in [6, 6.07) is 19.7. The van der Waals surface area contributed by atoms with Crippen LogP contribution in [0.5, 0.6) is 0 Å². The van der Waals surface area contributed by atoms with Crippen molar-refractivity contribution in [1.29, 1.82) is 0 Å². The van der Waals surface area contributed by atoms with Gasteiger partial charge in [0.25, 0.3) is 0 Å². The van der Waals surface area contributed by atoms with Gasteiger partial charge in [0, 0.05) is 17.8 Å². The number of nitrogens with one attached hydrogen (secondary N) is 1. The number of carbonyl (C=O) groups is 2. The fraction of sp³-hybridized carbons (Fsp3) is 0.130. The molecule has 3 rings (SSSR count). The Morgan fingerprint density at radius 3 is 2.26 bits per heavy atom. The van der Waals surface area contributed by atoms with Crippen molar-refractivity contribution in [3.63, 3.8) is 0 Å². The van der Waals surface area contributed by atoms with Crippen LogP contribution in [0.2, 0.25) is 0 Å². The average Bonchev–Trinajstić information content (AvgIpc) is 2.74. The molecular formula is C23H21FN2O4S. The summed E-state index contributed by atoms with van der Waals surface area (Å²) in [5.41, 5.74) is 1.51. The molecule has 1 N–H and O–H groups in total. The van der Waals surface area contributed by atoms with Gasteiger partial charge in [-0.1, -0.05) is 42.5 Å². The van der Waals surface area contributed by atoms with Crippen LogP contribution in [-0.2, 0) is 21.4 Å². The number of anilines is 1. The summed E-state index contributed by atoms with van der Waals surface area (Å²) in [6.45, 7) is 0.915. The summed E-state index contributed by atoms with van der Waals surface area (Å²) in [4.78, 5) is 24.1. The van der Waals surface area contributed by atoms with Crippen LogP contribution >= 0.6 is 0 Å². The monoisotopic (exact) mass is 440 g/mol. The van der Waals surface area contributed by atoms with Crippen molar-refractivity contribution in [2.75, 3.05) is 11.9 Å². The lowest BCUT2D eigenvalue weighted by Crippen LogP contribution is -2.37. The van der Waals surface area contributed by atoms with Crippen molar-refractivity contribution < 1.29 is 22.4 Å². The minimum atomic E-state index is -4.07. The summed E-state index contributed by atoms with van der Waals surface area (Å²) in [6.07, 6.45) is 0. The van der Waals surface area contributed by atoms with Crippen LogP contribution in [0.4, 0.5) is 10.1 Å².